The second kappa shape index (κ2) is 7.60. The topological polar surface area (TPSA) is 131 Å². The number of H-pyrrole nitrogens is 1. The molecule has 2 saturated carbocycles. The minimum Gasteiger partial charge on any atom is -0.479 e. The predicted octanol–water partition coefficient (Wildman–Crippen LogP) is 3.14. The first-order valence-corrected chi connectivity index (χ1v) is 10.8. The summed E-state index contributed by atoms with van der Waals surface area (Å²) in [5, 5.41) is 25.6. The Hall–Kier alpha value is -3.01. The van der Waals surface area contributed by atoms with E-state index in [0.29, 0.717) is 43.2 Å². The first-order chi connectivity index (χ1) is 15.0. The highest BCUT2D eigenvalue weighted by atomic mass is 16.5. The number of aromatic amines is 1. The minimum atomic E-state index is -1.11. The highest BCUT2D eigenvalue weighted by Gasteiger charge is 2.43. The van der Waals surface area contributed by atoms with E-state index >= 15 is 0 Å². The van der Waals surface area contributed by atoms with Gasteiger partial charge < -0.3 is 15.2 Å². The van der Waals surface area contributed by atoms with Gasteiger partial charge in [0, 0.05) is 31.3 Å². The Morgan fingerprint density at radius 1 is 1.32 bits per heavy atom. The number of ether oxygens (including phenoxy) is 1. The van der Waals surface area contributed by atoms with Crippen molar-refractivity contribution in [1.29, 1.82) is 0 Å². The van der Waals surface area contributed by atoms with Gasteiger partial charge in [-0.15, -0.1) is 0 Å². The van der Waals surface area contributed by atoms with Gasteiger partial charge in [0.15, 0.2) is 17.1 Å². The molecule has 3 aromatic heterocycles. The van der Waals surface area contributed by atoms with Gasteiger partial charge in [-0.3, -0.25) is 5.10 Å². The number of hydrogen-bond donors (Lipinski definition) is 3. The number of carboxylic acids is 1. The van der Waals surface area contributed by atoms with Gasteiger partial charge in [0.25, 0.3) is 0 Å². The van der Waals surface area contributed by atoms with Crippen LogP contribution >= 0.6 is 0 Å². The molecule has 2 aliphatic rings. The molecular weight excluding hydrogens is 398 g/mol. The molecule has 31 heavy (non-hydrogen) atoms. The van der Waals surface area contributed by atoms with Crippen LogP contribution < -0.4 is 5.32 Å². The number of carboxylic acid groups (broad SMARTS) is 1. The highest BCUT2D eigenvalue weighted by molar-refractivity contribution is 5.88. The van der Waals surface area contributed by atoms with Gasteiger partial charge in [-0.2, -0.15) is 10.2 Å². The molecule has 0 aliphatic heterocycles. The smallest absolute Gasteiger partial charge is 0.335 e. The fourth-order valence-corrected chi connectivity index (χ4v) is 4.38. The number of nitrogens with zero attached hydrogens (tertiary/aromatic N) is 5. The van der Waals surface area contributed by atoms with Crippen molar-refractivity contribution in [1.82, 2.24) is 29.9 Å². The molecule has 0 saturated heterocycles. The fraction of sp³-hybridized carbons (Fsp3) is 0.571. The zero-order valence-corrected chi connectivity index (χ0v) is 17.8. The van der Waals surface area contributed by atoms with E-state index in [1.165, 1.54) is 20.0 Å². The molecule has 10 nitrogen and oxygen atoms in total. The van der Waals surface area contributed by atoms with Gasteiger partial charge in [0.05, 0.1) is 11.6 Å². The zero-order valence-electron chi connectivity index (χ0n) is 17.8. The predicted molar refractivity (Wildman–Crippen MR) is 113 cm³/mol. The lowest BCUT2D eigenvalue weighted by molar-refractivity contribution is -0.166. The van der Waals surface area contributed by atoms with Crippen LogP contribution in [0.2, 0.25) is 0 Å². The Morgan fingerprint density at radius 2 is 2.10 bits per heavy atom. The summed E-state index contributed by atoms with van der Waals surface area (Å²) in [6.45, 7) is 2.80. The standard InChI is InChI=1S/C21H27N7O3/c1-12-9-16(27-26-12)23-18-15-10-22-28(11-13-3-4-13)19(15)25-17(24-18)14-5-7-21(31-2,8-6-14)20(29)30/h9-10,13-14H,3-8,11H2,1-2H3,(H,29,30)(H2,23,24,25,26,27). The Morgan fingerprint density at radius 3 is 2.71 bits per heavy atom. The molecule has 0 unspecified atom stereocenters. The number of aliphatic carboxylic acids is 1. The molecule has 0 radical (unpaired) electrons. The van der Waals surface area contributed by atoms with Gasteiger partial charge in [0.2, 0.25) is 0 Å². The summed E-state index contributed by atoms with van der Waals surface area (Å²) in [5.41, 5.74) is 0.657. The van der Waals surface area contributed by atoms with Crippen molar-refractivity contribution in [2.24, 2.45) is 5.92 Å². The summed E-state index contributed by atoms with van der Waals surface area (Å²) < 4.78 is 7.35. The van der Waals surface area contributed by atoms with E-state index in [9.17, 15) is 9.90 Å². The van der Waals surface area contributed by atoms with Crippen LogP contribution in [0.5, 0.6) is 0 Å². The van der Waals surface area contributed by atoms with Crippen LogP contribution in [0.25, 0.3) is 11.0 Å². The Bertz CT molecular complexity index is 1110. The van der Waals surface area contributed by atoms with Gasteiger partial charge in [-0.1, -0.05) is 0 Å². The first kappa shape index (κ1) is 19.9. The summed E-state index contributed by atoms with van der Waals surface area (Å²) in [6.07, 6.45) is 6.46. The largest absolute Gasteiger partial charge is 0.479 e. The molecule has 10 heteroatoms. The maximum absolute atomic E-state index is 11.7. The average Bonchev–Trinajstić information content (AvgIpc) is 3.36. The summed E-state index contributed by atoms with van der Waals surface area (Å²) >= 11 is 0. The number of aryl methyl sites for hydroxylation is 1. The fourth-order valence-electron chi connectivity index (χ4n) is 4.38. The molecule has 5 rings (SSSR count). The lowest BCUT2D eigenvalue weighted by Crippen LogP contribution is -2.43. The van der Waals surface area contributed by atoms with Crippen LogP contribution in [0.4, 0.5) is 11.6 Å². The lowest BCUT2D eigenvalue weighted by Gasteiger charge is -2.35. The van der Waals surface area contributed by atoms with Gasteiger partial charge in [0.1, 0.15) is 11.6 Å². The van der Waals surface area contributed by atoms with Crippen LogP contribution in [0.15, 0.2) is 12.3 Å². The van der Waals surface area contributed by atoms with E-state index in [-0.39, 0.29) is 5.92 Å². The molecule has 164 valence electrons. The molecule has 2 fully saturated rings. The number of hydrogen-bond acceptors (Lipinski definition) is 7. The molecule has 2 aliphatic carbocycles. The quantitative estimate of drug-likeness (QED) is 0.526. The Labute approximate surface area is 179 Å². The summed E-state index contributed by atoms with van der Waals surface area (Å²) in [7, 11) is 1.47. The molecule has 0 bridgehead atoms. The van der Waals surface area contributed by atoms with E-state index < -0.39 is 11.6 Å². The normalized spacial score (nSPS) is 23.9. The third kappa shape index (κ3) is 3.76. The number of methoxy groups -OCH3 is 1. The van der Waals surface area contributed by atoms with Gasteiger partial charge in [-0.25, -0.2) is 19.4 Å². The first-order valence-electron chi connectivity index (χ1n) is 10.8. The van der Waals surface area contributed by atoms with Crippen molar-refractivity contribution in [3.05, 3.63) is 23.8 Å². The van der Waals surface area contributed by atoms with Crippen molar-refractivity contribution in [3.8, 4) is 0 Å². The summed E-state index contributed by atoms with van der Waals surface area (Å²) in [6, 6.07) is 1.92. The van der Waals surface area contributed by atoms with Crippen LogP contribution in [-0.2, 0) is 16.1 Å². The zero-order chi connectivity index (χ0) is 21.6. The number of nitrogens with one attached hydrogen (secondary N) is 2. The maximum Gasteiger partial charge on any atom is 0.335 e. The van der Waals surface area contributed by atoms with E-state index in [1.54, 1.807) is 0 Å². The van der Waals surface area contributed by atoms with Crippen LogP contribution in [-0.4, -0.2) is 53.7 Å². The molecule has 0 atom stereocenters. The number of aromatic nitrogens is 6. The third-order valence-corrected chi connectivity index (χ3v) is 6.53. The third-order valence-electron chi connectivity index (χ3n) is 6.53. The Kier molecular flexibility index (Phi) is 4.88. The molecule has 0 spiro atoms. The maximum atomic E-state index is 11.7. The van der Waals surface area contributed by atoms with Crippen LogP contribution in [0, 0.1) is 12.8 Å². The summed E-state index contributed by atoms with van der Waals surface area (Å²) in [4.78, 5) is 21.5. The van der Waals surface area contributed by atoms with Crippen molar-refractivity contribution in [2.75, 3.05) is 12.4 Å². The highest BCUT2D eigenvalue weighted by Crippen LogP contribution is 2.40. The average molecular weight is 425 g/mol. The van der Waals surface area contributed by atoms with E-state index in [4.69, 9.17) is 14.7 Å². The lowest BCUT2D eigenvalue weighted by atomic mass is 9.78. The molecule has 3 aromatic rings. The number of carbonyl (C=O) groups is 1. The van der Waals surface area contributed by atoms with Gasteiger partial charge in [-0.05, 0) is 51.4 Å². The molecule has 3 N–H and O–H groups in total. The van der Waals surface area contributed by atoms with Crippen LogP contribution in [0.1, 0.15) is 56.0 Å². The molecular formula is C21H27N7O3. The van der Waals surface area contributed by atoms with E-state index in [0.717, 1.165) is 29.1 Å². The second-order valence-electron chi connectivity index (χ2n) is 8.78. The molecule has 0 amide bonds. The number of fused-ring (bicyclic) bond motifs is 1. The van der Waals surface area contributed by atoms with E-state index in [1.807, 2.05) is 23.9 Å². The minimum absolute atomic E-state index is 0.0674. The molecule has 0 aromatic carbocycles. The van der Waals surface area contributed by atoms with Gasteiger partial charge >= 0.3 is 5.97 Å². The van der Waals surface area contributed by atoms with Crippen molar-refractivity contribution in [2.45, 2.75) is 63.5 Å². The molecule has 3 heterocycles. The SMILES string of the molecule is COC1(C(=O)O)CCC(c2nc(Nc3cc(C)[nH]n3)c3cnn(CC4CC4)c3n2)CC1. The van der Waals surface area contributed by atoms with Crippen molar-refractivity contribution < 1.29 is 14.6 Å². The monoisotopic (exact) mass is 425 g/mol. The Balaban J connectivity index is 1.49. The second-order valence-corrected chi connectivity index (χ2v) is 8.78. The van der Waals surface area contributed by atoms with E-state index in [2.05, 4.69) is 20.6 Å². The number of rotatable bonds is 7. The van der Waals surface area contributed by atoms with Crippen LogP contribution in [0.3, 0.4) is 0 Å². The summed E-state index contributed by atoms with van der Waals surface area (Å²) in [5.74, 6) is 1.91. The van der Waals surface area contributed by atoms with Crippen molar-refractivity contribution >= 4 is 28.6 Å². The number of anilines is 2. The van der Waals surface area contributed by atoms with Crippen molar-refractivity contribution in [3.63, 3.8) is 0 Å².